The average molecular weight is 155 g/mol. The molecule has 0 aromatic carbocycles. The van der Waals surface area contributed by atoms with Crippen LogP contribution in [0.3, 0.4) is 0 Å². The summed E-state index contributed by atoms with van der Waals surface area (Å²) in [7, 11) is 3.36. The van der Waals surface area contributed by atoms with E-state index in [2.05, 4.69) is 4.28 Å². The summed E-state index contributed by atoms with van der Waals surface area (Å²) < 4.78 is 14.7. The molecule has 9 heavy (non-hydrogen) atoms. The van der Waals surface area contributed by atoms with Crippen LogP contribution in [0.25, 0.3) is 0 Å². The molecule has 0 saturated carbocycles. The van der Waals surface area contributed by atoms with Crippen molar-refractivity contribution >= 4 is 11.1 Å². The summed E-state index contributed by atoms with van der Waals surface area (Å²) in [4.78, 5) is 0. The Morgan fingerprint density at radius 1 is 1.33 bits per heavy atom. The molecule has 1 atom stereocenters. The molecule has 0 fully saturated rings. The Morgan fingerprint density at radius 2 is 1.67 bits per heavy atom. The Hall–Kier alpha value is 0.0700. The van der Waals surface area contributed by atoms with Crippen LogP contribution in [0.4, 0.5) is 0 Å². The van der Waals surface area contributed by atoms with Gasteiger partial charge in [-0.05, 0) is 0 Å². The molecule has 0 radical (unpaired) electrons. The van der Waals surface area contributed by atoms with Gasteiger partial charge in [-0.2, -0.15) is 9.35 Å². The highest BCUT2D eigenvalue weighted by Gasteiger charge is 1.89. The maximum atomic E-state index is 10.1. The molecule has 0 aliphatic heterocycles. The van der Waals surface area contributed by atoms with Crippen molar-refractivity contribution in [3.8, 4) is 0 Å². The normalized spacial score (nSPS) is 11.6. The summed E-state index contributed by atoms with van der Waals surface area (Å²) in [6.45, 7) is 0. The van der Waals surface area contributed by atoms with E-state index in [1.165, 1.54) is 11.3 Å². The zero-order valence-corrected chi connectivity index (χ0v) is 5.49. The molecule has 0 spiro atoms. The van der Waals surface area contributed by atoms with Gasteiger partial charge in [-0.25, -0.2) is 4.21 Å². The lowest BCUT2D eigenvalue weighted by Gasteiger charge is -2.03. The average Bonchev–Trinajstić information content (AvgIpc) is 1.27. The Bertz CT molecular complexity index is 75.4. The fourth-order valence-electron chi connectivity index (χ4n) is 0.210. The lowest BCUT2D eigenvalue weighted by Crippen LogP contribution is -2.13. The van der Waals surface area contributed by atoms with Gasteiger partial charge < -0.3 is 0 Å². The number of hydroxylamine groups is 2. The molecule has 0 aromatic heterocycles. The molecule has 0 N–H and O–H groups in total. The van der Waals surface area contributed by atoms with Crippen LogP contribution in [0.5, 0.6) is 0 Å². The smallest absolute Gasteiger partial charge is 0.170 e. The molecule has 1 unspecified atom stereocenters. The quantitative estimate of drug-likeness (QED) is 0.558. The highest BCUT2D eigenvalue weighted by atomic mass is 32.2. The van der Waals surface area contributed by atoms with Crippen molar-refractivity contribution in [2.75, 3.05) is 20.4 Å². The van der Waals surface area contributed by atoms with Crippen LogP contribution in [0.1, 0.15) is 14.9 Å². The predicted octanol–water partition coefficient (Wildman–Crippen LogP) is 1.05. The van der Waals surface area contributed by atoms with Gasteiger partial charge in [-0.1, -0.05) is 14.9 Å². The van der Waals surface area contributed by atoms with Crippen LogP contribution in [0.2, 0.25) is 0 Å². The van der Waals surface area contributed by atoms with E-state index in [9.17, 15) is 4.21 Å². The minimum Gasteiger partial charge on any atom is -0.228 e. The van der Waals surface area contributed by atoms with E-state index < -0.39 is 11.1 Å². The van der Waals surface area contributed by atoms with Crippen molar-refractivity contribution in [2.24, 2.45) is 0 Å². The molecule has 0 rings (SSSR count). The fourth-order valence-corrected chi connectivity index (χ4v) is 0.630. The van der Waals surface area contributed by atoms with E-state index in [1.54, 1.807) is 14.1 Å². The van der Waals surface area contributed by atoms with Gasteiger partial charge in [0.15, 0.2) is 11.1 Å². The first-order valence-electron chi connectivity index (χ1n) is 1.82. The summed E-state index contributed by atoms with van der Waals surface area (Å²) in [6.07, 6.45) is 1.47. The topological polar surface area (TPSA) is 29.5 Å². The van der Waals surface area contributed by atoms with Crippen LogP contribution < -0.4 is 0 Å². The van der Waals surface area contributed by atoms with Crippen molar-refractivity contribution < 1.29 is 8.49 Å². The van der Waals surface area contributed by atoms with Gasteiger partial charge in [0.1, 0.15) is 0 Å². The molecular formula is C5H17NO2S. The highest BCUT2D eigenvalue weighted by molar-refractivity contribution is 7.79. The Labute approximate surface area is 60.6 Å². The fraction of sp³-hybridized carbons (Fsp3) is 1.00. The van der Waals surface area contributed by atoms with E-state index in [0.29, 0.717) is 0 Å². The zero-order chi connectivity index (χ0) is 5.86. The van der Waals surface area contributed by atoms with E-state index >= 15 is 0 Å². The molecular weight excluding hydrogens is 138 g/mol. The van der Waals surface area contributed by atoms with Crippen molar-refractivity contribution in [3.63, 3.8) is 0 Å². The largest absolute Gasteiger partial charge is 0.228 e. The first-order valence-corrected chi connectivity index (χ1v) is 3.30. The second kappa shape index (κ2) is 8.07. The first-order chi connectivity index (χ1) is 3.13. The molecule has 60 valence electrons. The van der Waals surface area contributed by atoms with Gasteiger partial charge in [0.2, 0.25) is 0 Å². The van der Waals surface area contributed by atoms with Gasteiger partial charge in [0.25, 0.3) is 0 Å². The van der Waals surface area contributed by atoms with Gasteiger partial charge >= 0.3 is 0 Å². The molecule has 0 amide bonds. The number of hydrogen-bond donors (Lipinski definition) is 0. The Kier molecular flexibility index (Phi) is 14.4. The second-order valence-electron chi connectivity index (χ2n) is 1.29. The molecule has 0 aliphatic rings. The van der Waals surface area contributed by atoms with E-state index in [-0.39, 0.29) is 14.9 Å². The molecule has 0 aromatic rings. The SMILES string of the molecule is C.C.CN(C)OS(C)=O. The maximum absolute atomic E-state index is 10.1. The molecule has 0 aliphatic carbocycles. The number of nitrogens with zero attached hydrogens (tertiary/aromatic N) is 1. The molecule has 4 heteroatoms. The molecule has 3 nitrogen and oxygen atoms in total. The number of hydrogen-bond acceptors (Lipinski definition) is 3. The third-order valence-electron chi connectivity index (χ3n) is 0.254. The molecule has 0 heterocycles. The van der Waals surface area contributed by atoms with Crippen LogP contribution in [-0.2, 0) is 15.4 Å². The van der Waals surface area contributed by atoms with E-state index in [0.717, 1.165) is 0 Å². The molecule has 0 bridgehead atoms. The van der Waals surface area contributed by atoms with Crippen LogP contribution in [-0.4, -0.2) is 29.6 Å². The summed E-state index contributed by atoms with van der Waals surface area (Å²) in [5.41, 5.74) is 0. The van der Waals surface area contributed by atoms with Crippen molar-refractivity contribution in [2.45, 2.75) is 14.9 Å². The van der Waals surface area contributed by atoms with Crippen molar-refractivity contribution in [1.82, 2.24) is 5.06 Å². The van der Waals surface area contributed by atoms with Gasteiger partial charge in [-0.15, -0.1) is 0 Å². The summed E-state index contributed by atoms with van der Waals surface area (Å²) in [5.74, 6) is 0. The van der Waals surface area contributed by atoms with Crippen LogP contribution in [0.15, 0.2) is 0 Å². The Balaban J connectivity index is -0.000000180. The van der Waals surface area contributed by atoms with Gasteiger partial charge in [-0.3, -0.25) is 0 Å². The lowest BCUT2D eigenvalue weighted by atomic mass is 11.2. The minimum absolute atomic E-state index is 0. The third-order valence-corrected chi connectivity index (χ3v) is 0.762. The van der Waals surface area contributed by atoms with Crippen LogP contribution >= 0.6 is 0 Å². The standard InChI is InChI=1S/C3H9NO2S.2CH4/c1-4(2)6-7(3)5;;/h1-3H3;2*1H4. The summed E-state index contributed by atoms with van der Waals surface area (Å²) in [6, 6.07) is 0. The highest BCUT2D eigenvalue weighted by Crippen LogP contribution is 1.79. The van der Waals surface area contributed by atoms with Gasteiger partial charge in [0.05, 0.1) is 0 Å². The predicted molar refractivity (Wildman–Crippen MR) is 42.3 cm³/mol. The van der Waals surface area contributed by atoms with E-state index in [1.807, 2.05) is 0 Å². The summed E-state index contributed by atoms with van der Waals surface area (Å²) in [5, 5.41) is 1.40. The van der Waals surface area contributed by atoms with Crippen LogP contribution in [0, 0.1) is 0 Å². The number of rotatable bonds is 2. The third kappa shape index (κ3) is 17.9. The lowest BCUT2D eigenvalue weighted by molar-refractivity contribution is 0.0148. The minimum atomic E-state index is -1.17. The van der Waals surface area contributed by atoms with Crippen molar-refractivity contribution in [3.05, 3.63) is 0 Å². The zero-order valence-electron chi connectivity index (χ0n) is 4.67. The monoisotopic (exact) mass is 155 g/mol. The molecule has 0 saturated heterocycles. The Morgan fingerprint density at radius 3 is 1.67 bits per heavy atom. The summed E-state index contributed by atoms with van der Waals surface area (Å²) >= 11 is -1.17. The second-order valence-corrected chi connectivity index (χ2v) is 2.24. The first kappa shape index (κ1) is 16.0. The van der Waals surface area contributed by atoms with E-state index in [4.69, 9.17) is 0 Å². The van der Waals surface area contributed by atoms with Gasteiger partial charge in [0, 0.05) is 20.4 Å². The van der Waals surface area contributed by atoms with Crippen molar-refractivity contribution in [1.29, 1.82) is 0 Å². The maximum Gasteiger partial charge on any atom is 0.170 e.